The van der Waals surface area contributed by atoms with E-state index >= 15 is 0 Å². The Labute approximate surface area is 92.2 Å². The number of rotatable bonds is 4. The van der Waals surface area contributed by atoms with Crippen LogP contribution in [-0.2, 0) is 21.3 Å². The van der Waals surface area contributed by atoms with Crippen LogP contribution in [0.25, 0.3) is 0 Å². The molecule has 0 heterocycles. The van der Waals surface area contributed by atoms with Crippen LogP contribution >= 0.6 is 0 Å². The quantitative estimate of drug-likeness (QED) is 0.611. The second-order valence-electron chi connectivity index (χ2n) is 2.98. The van der Waals surface area contributed by atoms with E-state index in [2.05, 4.69) is 4.74 Å². The zero-order valence-corrected chi connectivity index (χ0v) is 8.98. The average molecular weight is 246 g/mol. The number of ether oxygens (including phenoxy) is 1. The van der Waals surface area contributed by atoms with Crippen molar-refractivity contribution in [1.29, 1.82) is 0 Å². The van der Waals surface area contributed by atoms with Gasteiger partial charge in [0.2, 0.25) is 0 Å². The third kappa shape index (κ3) is 3.87. The van der Waals surface area contributed by atoms with Crippen LogP contribution in [0.1, 0.15) is 5.56 Å². The van der Waals surface area contributed by atoms with E-state index in [1.165, 1.54) is 24.3 Å². The van der Waals surface area contributed by atoms with Crippen LogP contribution in [0, 0.1) is 0 Å². The minimum Gasteiger partial charge on any atom is -0.450 e. The molecule has 1 aromatic carbocycles. The molecule has 0 amide bonds. The van der Waals surface area contributed by atoms with Gasteiger partial charge in [0.25, 0.3) is 10.1 Å². The highest BCUT2D eigenvalue weighted by molar-refractivity contribution is 7.85. The highest BCUT2D eigenvalue weighted by Crippen LogP contribution is 2.10. The summed E-state index contributed by atoms with van der Waals surface area (Å²) in [7, 11) is -4.18. The average Bonchev–Trinajstić information content (AvgIpc) is 2.16. The lowest BCUT2D eigenvalue weighted by molar-refractivity contribution is 0.0927. The van der Waals surface area contributed by atoms with Gasteiger partial charge < -0.3 is 9.84 Å². The molecule has 0 saturated carbocycles. The second kappa shape index (κ2) is 4.95. The van der Waals surface area contributed by atoms with E-state index in [9.17, 15) is 13.2 Å². The van der Waals surface area contributed by atoms with Gasteiger partial charge in [-0.1, -0.05) is 12.1 Å². The fraction of sp³-hybridized carbons (Fsp3) is 0.222. The molecule has 1 rings (SSSR count). The number of benzene rings is 1. The van der Waals surface area contributed by atoms with Crippen LogP contribution in [-0.4, -0.2) is 30.8 Å². The van der Waals surface area contributed by atoms with Crippen LogP contribution in [0.15, 0.2) is 29.2 Å². The predicted molar refractivity (Wildman–Crippen MR) is 53.9 cm³/mol. The molecule has 0 bridgehead atoms. The molecular formula is C9H10O6S. The second-order valence-corrected chi connectivity index (χ2v) is 4.40. The van der Waals surface area contributed by atoms with E-state index in [1.54, 1.807) is 0 Å². The summed E-state index contributed by atoms with van der Waals surface area (Å²) < 4.78 is 34.4. The number of hydrogen-bond donors (Lipinski definition) is 2. The Morgan fingerprint density at radius 1 is 1.25 bits per heavy atom. The Hall–Kier alpha value is -1.60. The lowest BCUT2D eigenvalue weighted by Gasteiger charge is -2.02. The summed E-state index contributed by atoms with van der Waals surface area (Å²) in [6, 6.07) is 5.44. The molecule has 7 heteroatoms. The predicted octanol–water partition coefficient (Wildman–Crippen LogP) is 1.17. The van der Waals surface area contributed by atoms with Crippen LogP contribution < -0.4 is 0 Å². The van der Waals surface area contributed by atoms with Crippen molar-refractivity contribution in [2.45, 2.75) is 11.3 Å². The fourth-order valence-corrected chi connectivity index (χ4v) is 1.56. The molecule has 0 aliphatic carbocycles. The molecule has 0 fully saturated rings. The van der Waals surface area contributed by atoms with Crippen molar-refractivity contribution < 1.29 is 27.6 Å². The summed E-state index contributed by atoms with van der Waals surface area (Å²) in [6.07, 6.45) is -1.01. The SMILES string of the molecule is O=C(O)OCCc1ccc(S(=O)(=O)O)cc1. The maximum atomic E-state index is 10.7. The summed E-state index contributed by atoms with van der Waals surface area (Å²) in [5.74, 6) is 0. The zero-order chi connectivity index (χ0) is 12.2. The summed E-state index contributed by atoms with van der Waals surface area (Å²) in [6.45, 7) is 0.000551. The number of carboxylic acid groups (broad SMARTS) is 1. The summed E-state index contributed by atoms with van der Waals surface area (Å²) >= 11 is 0. The minimum absolute atomic E-state index is 0.000551. The first-order valence-corrected chi connectivity index (χ1v) is 5.76. The Kier molecular flexibility index (Phi) is 3.86. The molecule has 1 aromatic rings. The van der Waals surface area contributed by atoms with Gasteiger partial charge >= 0.3 is 6.16 Å². The van der Waals surface area contributed by atoms with E-state index in [-0.39, 0.29) is 11.5 Å². The van der Waals surface area contributed by atoms with E-state index < -0.39 is 16.3 Å². The van der Waals surface area contributed by atoms with Crippen LogP contribution in [0.3, 0.4) is 0 Å². The van der Waals surface area contributed by atoms with E-state index in [4.69, 9.17) is 9.66 Å². The van der Waals surface area contributed by atoms with Crippen molar-refractivity contribution in [3.8, 4) is 0 Å². The number of hydrogen-bond acceptors (Lipinski definition) is 4. The normalized spacial score (nSPS) is 11.1. The Morgan fingerprint density at radius 3 is 2.25 bits per heavy atom. The van der Waals surface area contributed by atoms with Gasteiger partial charge in [-0.05, 0) is 17.7 Å². The molecule has 2 N–H and O–H groups in total. The maximum absolute atomic E-state index is 10.7. The van der Waals surface area contributed by atoms with Crippen molar-refractivity contribution in [3.05, 3.63) is 29.8 Å². The Morgan fingerprint density at radius 2 is 1.81 bits per heavy atom. The van der Waals surface area contributed by atoms with Crippen molar-refractivity contribution in [2.75, 3.05) is 6.61 Å². The lowest BCUT2D eigenvalue weighted by Crippen LogP contribution is -2.04. The summed E-state index contributed by atoms with van der Waals surface area (Å²) in [4.78, 5) is 9.84. The molecule has 0 unspecified atom stereocenters. The van der Waals surface area contributed by atoms with Crippen LogP contribution in [0.2, 0.25) is 0 Å². The zero-order valence-electron chi connectivity index (χ0n) is 8.16. The lowest BCUT2D eigenvalue weighted by atomic mass is 10.2. The van der Waals surface area contributed by atoms with Gasteiger partial charge in [-0.3, -0.25) is 4.55 Å². The molecule has 88 valence electrons. The highest BCUT2D eigenvalue weighted by Gasteiger charge is 2.08. The molecule has 0 radical (unpaired) electrons. The molecule has 6 nitrogen and oxygen atoms in total. The van der Waals surface area contributed by atoms with Gasteiger partial charge in [0.1, 0.15) is 0 Å². The molecule has 0 atom stereocenters. The third-order valence-corrected chi connectivity index (χ3v) is 2.71. The molecule has 0 aliphatic heterocycles. The number of carbonyl (C=O) groups is 1. The Balaban J connectivity index is 2.62. The third-order valence-electron chi connectivity index (χ3n) is 1.84. The molecule has 0 aliphatic rings. The first kappa shape index (κ1) is 12.5. The molecule has 0 aromatic heterocycles. The van der Waals surface area contributed by atoms with E-state index in [1.807, 2.05) is 0 Å². The first-order chi connectivity index (χ1) is 7.39. The van der Waals surface area contributed by atoms with Gasteiger partial charge in [0.05, 0.1) is 11.5 Å². The van der Waals surface area contributed by atoms with E-state index in [0.29, 0.717) is 12.0 Å². The first-order valence-electron chi connectivity index (χ1n) is 4.32. The molecule has 0 spiro atoms. The largest absolute Gasteiger partial charge is 0.505 e. The van der Waals surface area contributed by atoms with Crippen molar-refractivity contribution in [2.24, 2.45) is 0 Å². The van der Waals surface area contributed by atoms with Gasteiger partial charge in [-0.2, -0.15) is 8.42 Å². The van der Waals surface area contributed by atoms with Gasteiger partial charge in [0, 0.05) is 6.42 Å². The molecule has 16 heavy (non-hydrogen) atoms. The highest BCUT2D eigenvalue weighted by atomic mass is 32.2. The van der Waals surface area contributed by atoms with Gasteiger partial charge in [-0.15, -0.1) is 0 Å². The standard InChI is InChI=1S/C9H10O6S/c10-9(11)15-6-5-7-1-3-8(4-2-7)16(12,13)14/h1-4H,5-6H2,(H,10,11)(H,12,13,14). The molecular weight excluding hydrogens is 236 g/mol. The monoisotopic (exact) mass is 246 g/mol. The minimum atomic E-state index is -4.18. The van der Waals surface area contributed by atoms with Gasteiger partial charge in [0.15, 0.2) is 0 Å². The van der Waals surface area contributed by atoms with Crippen LogP contribution in [0.4, 0.5) is 4.79 Å². The van der Waals surface area contributed by atoms with Crippen molar-refractivity contribution >= 4 is 16.3 Å². The topological polar surface area (TPSA) is 101 Å². The Bertz CT molecular complexity index is 461. The van der Waals surface area contributed by atoms with Crippen molar-refractivity contribution in [1.82, 2.24) is 0 Å². The summed E-state index contributed by atoms with van der Waals surface area (Å²) in [5, 5.41) is 8.21. The van der Waals surface area contributed by atoms with Crippen molar-refractivity contribution in [3.63, 3.8) is 0 Å². The van der Waals surface area contributed by atoms with E-state index in [0.717, 1.165) is 0 Å². The summed E-state index contributed by atoms with van der Waals surface area (Å²) in [5.41, 5.74) is 0.716. The smallest absolute Gasteiger partial charge is 0.450 e. The fourth-order valence-electron chi connectivity index (χ4n) is 1.08. The molecule has 0 saturated heterocycles. The van der Waals surface area contributed by atoms with Gasteiger partial charge in [-0.25, -0.2) is 4.79 Å². The maximum Gasteiger partial charge on any atom is 0.505 e. The van der Waals surface area contributed by atoms with Crippen LogP contribution in [0.5, 0.6) is 0 Å².